The molecular weight excluding hydrogens is 298 g/mol. The second kappa shape index (κ2) is 5.30. The van der Waals surface area contributed by atoms with Gasteiger partial charge in [0.25, 0.3) is 0 Å². The normalized spacial score (nSPS) is 21.0. The Morgan fingerprint density at radius 2 is 2.14 bits per heavy atom. The van der Waals surface area contributed by atoms with E-state index >= 15 is 0 Å². The number of thiazole rings is 1. The van der Waals surface area contributed by atoms with E-state index in [0.29, 0.717) is 32.0 Å². The monoisotopic (exact) mass is 317 g/mol. The number of nitrogens with one attached hydrogen (secondary N) is 1. The number of benzene rings is 1. The number of nitrogens with two attached hydrogens (primary N) is 1. The number of aromatic nitrogens is 1. The number of hydrogen-bond acceptors (Lipinski definition) is 5. The van der Waals surface area contributed by atoms with Gasteiger partial charge in [0.1, 0.15) is 5.54 Å². The van der Waals surface area contributed by atoms with Crippen LogP contribution < -0.4 is 11.1 Å². The fraction of sp³-hybridized carbons (Fsp3) is 0.500. The number of hydrogen-bond donors (Lipinski definition) is 2. The minimum Gasteiger partial charge on any atom is -0.381 e. The molecule has 1 saturated carbocycles. The maximum atomic E-state index is 12.4. The SMILES string of the molecule is NC1(C(=O)Nc2ccc3nc(C4CC4)sc3c2)CCOCC1. The second-order valence-corrected chi connectivity index (χ2v) is 7.29. The Bertz CT molecular complexity index is 717. The van der Waals surface area contributed by atoms with Gasteiger partial charge in [0.2, 0.25) is 5.91 Å². The van der Waals surface area contributed by atoms with Crippen molar-refractivity contribution >= 4 is 33.1 Å². The summed E-state index contributed by atoms with van der Waals surface area (Å²) in [5.74, 6) is 0.534. The van der Waals surface area contributed by atoms with Gasteiger partial charge < -0.3 is 15.8 Å². The minimum absolute atomic E-state index is 0.123. The first-order chi connectivity index (χ1) is 10.6. The Morgan fingerprint density at radius 1 is 1.36 bits per heavy atom. The quantitative estimate of drug-likeness (QED) is 0.912. The lowest BCUT2D eigenvalue weighted by molar-refractivity contribution is -0.124. The van der Waals surface area contributed by atoms with Crippen LogP contribution in [0.25, 0.3) is 10.2 Å². The van der Waals surface area contributed by atoms with Crippen LogP contribution in [0.4, 0.5) is 5.69 Å². The highest BCUT2D eigenvalue weighted by molar-refractivity contribution is 7.18. The molecule has 3 N–H and O–H groups in total. The third kappa shape index (κ3) is 2.62. The van der Waals surface area contributed by atoms with Gasteiger partial charge in [-0.25, -0.2) is 4.98 Å². The highest BCUT2D eigenvalue weighted by atomic mass is 32.1. The molecule has 1 aromatic heterocycles. The summed E-state index contributed by atoms with van der Waals surface area (Å²) in [6, 6.07) is 5.87. The molecule has 1 aliphatic carbocycles. The number of nitrogens with zero attached hydrogens (tertiary/aromatic N) is 1. The largest absolute Gasteiger partial charge is 0.381 e. The van der Waals surface area contributed by atoms with E-state index in [4.69, 9.17) is 10.5 Å². The molecule has 116 valence electrons. The summed E-state index contributed by atoms with van der Waals surface area (Å²) in [5.41, 5.74) is 7.20. The molecule has 0 radical (unpaired) electrons. The lowest BCUT2D eigenvalue weighted by Crippen LogP contribution is -2.54. The molecule has 5 nitrogen and oxygen atoms in total. The third-order valence-electron chi connectivity index (χ3n) is 4.43. The average molecular weight is 317 g/mol. The summed E-state index contributed by atoms with van der Waals surface area (Å²) >= 11 is 1.73. The summed E-state index contributed by atoms with van der Waals surface area (Å²) in [5, 5.41) is 4.18. The number of amides is 1. The van der Waals surface area contributed by atoms with Gasteiger partial charge in [-0.2, -0.15) is 0 Å². The lowest BCUT2D eigenvalue weighted by atomic mass is 9.90. The Labute approximate surface area is 132 Å². The van der Waals surface area contributed by atoms with Crippen LogP contribution in [0.2, 0.25) is 0 Å². The van der Waals surface area contributed by atoms with Crippen LogP contribution in [-0.4, -0.2) is 29.6 Å². The van der Waals surface area contributed by atoms with Crippen molar-refractivity contribution < 1.29 is 9.53 Å². The van der Waals surface area contributed by atoms with Crippen molar-refractivity contribution in [2.75, 3.05) is 18.5 Å². The molecule has 1 aromatic carbocycles. The van der Waals surface area contributed by atoms with Crippen LogP contribution in [0, 0.1) is 0 Å². The standard InChI is InChI=1S/C16H19N3O2S/c17-16(5-7-21-8-6-16)15(20)18-11-3-4-12-13(9-11)22-14(19-12)10-1-2-10/h3-4,9-10H,1-2,5-8,17H2,(H,18,20). The highest BCUT2D eigenvalue weighted by Crippen LogP contribution is 2.43. The van der Waals surface area contributed by atoms with Crippen molar-refractivity contribution in [1.82, 2.24) is 4.98 Å². The minimum atomic E-state index is -0.819. The van der Waals surface area contributed by atoms with E-state index in [2.05, 4.69) is 10.3 Å². The average Bonchev–Trinajstić information content (AvgIpc) is 3.28. The maximum Gasteiger partial charge on any atom is 0.244 e. The highest BCUT2D eigenvalue weighted by Gasteiger charge is 2.36. The smallest absolute Gasteiger partial charge is 0.244 e. The topological polar surface area (TPSA) is 77.2 Å². The van der Waals surface area contributed by atoms with Gasteiger partial charge in [-0.05, 0) is 43.9 Å². The molecule has 0 bridgehead atoms. The summed E-state index contributed by atoms with van der Waals surface area (Å²) in [4.78, 5) is 17.1. The first-order valence-electron chi connectivity index (χ1n) is 7.73. The van der Waals surface area contributed by atoms with Crippen LogP contribution in [0.15, 0.2) is 18.2 Å². The van der Waals surface area contributed by atoms with Gasteiger partial charge >= 0.3 is 0 Å². The van der Waals surface area contributed by atoms with Crippen LogP contribution in [0.5, 0.6) is 0 Å². The predicted molar refractivity (Wildman–Crippen MR) is 87.2 cm³/mol. The second-order valence-electron chi connectivity index (χ2n) is 6.23. The fourth-order valence-electron chi connectivity index (χ4n) is 2.74. The molecule has 0 spiro atoms. The van der Waals surface area contributed by atoms with E-state index in [-0.39, 0.29) is 5.91 Å². The van der Waals surface area contributed by atoms with E-state index in [1.807, 2.05) is 18.2 Å². The van der Waals surface area contributed by atoms with Gasteiger partial charge in [0.05, 0.1) is 15.2 Å². The van der Waals surface area contributed by atoms with Crippen molar-refractivity contribution in [3.8, 4) is 0 Å². The molecule has 0 unspecified atom stereocenters. The number of ether oxygens (including phenoxy) is 1. The van der Waals surface area contributed by atoms with Crippen LogP contribution in [0.1, 0.15) is 36.6 Å². The van der Waals surface area contributed by atoms with Crippen molar-refractivity contribution in [3.63, 3.8) is 0 Å². The Morgan fingerprint density at radius 3 is 2.86 bits per heavy atom. The zero-order valence-corrected chi connectivity index (χ0v) is 13.1. The number of carbonyl (C=O) groups excluding carboxylic acids is 1. The molecule has 2 heterocycles. The molecule has 1 saturated heterocycles. The van der Waals surface area contributed by atoms with Gasteiger partial charge in [-0.3, -0.25) is 4.79 Å². The maximum absolute atomic E-state index is 12.4. The molecular formula is C16H19N3O2S. The number of carbonyl (C=O) groups is 1. The molecule has 2 fully saturated rings. The van der Waals surface area contributed by atoms with Gasteiger partial charge in [0, 0.05) is 24.8 Å². The molecule has 2 aliphatic rings. The number of rotatable bonds is 3. The first-order valence-corrected chi connectivity index (χ1v) is 8.54. The van der Waals surface area contributed by atoms with Crippen molar-refractivity contribution in [2.45, 2.75) is 37.1 Å². The molecule has 6 heteroatoms. The molecule has 0 atom stereocenters. The van der Waals surface area contributed by atoms with E-state index in [9.17, 15) is 4.79 Å². The fourth-order valence-corrected chi connectivity index (χ4v) is 3.92. The van der Waals surface area contributed by atoms with E-state index in [1.54, 1.807) is 11.3 Å². The first kappa shape index (κ1) is 14.1. The van der Waals surface area contributed by atoms with Crippen molar-refractivity contribution in [2.24, 2.45) is 5.73 Å². The van der Waals surface area contributed by atoms with Gasteiger partial charge in [-0.1, -0.05) is 0 Å². The Kier molecular flexibility index (Phi) is 3.40. The van der Waals surface area contributed by atoms with E-state index in [0.717, 1.165) is 15.9 Å². The van der Waals surface area contributed by atoms with Gasteiger partial charge in [0.15, 0.2) is 0 Å². The van der Waals surface area contributed by atoms with Gasteiger partial charge in [-0.15, -0.1) is 11.3 Å². The van der Waals surface area contributed by atoms with Crippen LogP contribution in [-0.2, 0) is 9.53 Å². The van der Waals surface area contributed by atoms with Crippen molar-refractivity contribution in [3.05, 3.63) is 23.2 Å². The van der Waals surface area contributed by atoms with E-state index in [1.165, 1.54) is 17.8 Å². The summed E-state index contributed by atoms with van der Waals surface area (Å²) in [7, 11) is 0. The zero-order chi connectivity index (χ0) is 15.2. The molecule has 4 rings (SSSR count). The molecule has 22 heavy (non-hydrogen) atoms. The van der Waals surface area contributed by atoms with Crippen LogP contribution in [0.3, 0.4) is 0 Å². The molecule has 1 aliphatic heterocycles. The predicted octanol–water partition coefficient (Wildman–Crippen LogP) is 2.62. The Hall–Kier alpha value is -1.50. The molecule has 1 amide bonds. The third-order valence-corrected chi connectivity index (χ3v) is 5.61. The zero-order valence-electron chi connectivity index (χ0n) is 12.3. The number of anilines is 1. The van der Waals surface area contributed by atoms with E-state index < -0.39 is 5.54 Å². The molecule has 2 aromatic rings. The number of fused-ring (bicyclic) bond motifs is 1. The summed E-state index contributed by atoms with van der Waals surface area (Å²) in [6.07, 6.45) is 3.63. The van der Waals surface area contributed by atoms with Crippen LogP contribution >= 0.6 is 11.3 Å². The summed E-state index contributed by atoms with van der Waals surface area (Å²) in [6.45, 7) is 1.09. The Balaban J connectivity index is 1.54. The lowest BCUT2D eigenvalue weighted by Gasteiger charge is -2.31. The van der Waals surface area contributed by atoms with Crippen molar-refractivity contribution in [1.29, 1.82) is 0 Å². The summed E-state index contributed by atoms with van der Waals surface area (Å²) < 4.78 is 6.41.